The van der Waals surface area contributed by atoms with Gasteiger partial charge in [0.05, 0.1) is 0 Å². The first-order valence-electron chi connectivity index (χ1n) is 11.9. The standard InChI is InChI=1S/C29H32ClFN2O2S/c1-29(2,3)32-28(35)26(19-21-7-5-4-6-8-21)33(20-22-9-13-24(31)14-10-22)27(34)17-18-36-25-15-11-23(30)12-16-25/h4-16,26H,17-20H2,1-3H3,(H,32,35)/t26-/m1/s1. The average Bonchev–Trinajstić information content (AvgIpc) is 2.83. The average molecular weight is 527 g/mol. The molecule has 0 saturated carbocycles. The first kappa shape index (κ1) is 27.8. The summed E-state index contributed by atoms with van der Waals surface area (Å²) in [4.78, 5) is 29.7. The van der Waals surface area contributed by atoms with Gasteiger partial charge >= 0.3 is 0 Å². The first-order valence-corrected chi connectivity index (χ1v) is 13.3. The Labute approximate surface area is 222 Å². The maximum atomic E-state index is 13.6. The third kappa shape index (κ3) is 8.99. The Balaban J connectivity index is 1.85. The van der Waals surface area contributed by atoms with Crippen LogP contribution in [0.2, 0.25) is 5.02 Å². The Hall–Kier alpha value is -2.83. The molecule has 0 aliphatic carbocycles. The Kier molecular flexibility index (Phi) is 9.97. The SMILES string of the molecule is CC(C)(C)NC(=O)[C@@H](Cc1ccccc1)N(Cc1ccc(F)cc1)C(=O)CCSc1ccc(Cl)cc1. The van der Waals surface area contributed by atoms with Crippen LogP contribution >= 0.6 is 23.4 Å². The van der Waals surface area contributed by atoms with Crippen molar-refractivity contribution in [2.75, 3.05) is 5.75 Å². The van der Waals surface area contributed by atoms with E-state index >= 15 is 0 Å². The van der Waals surface area contributed by atoms with Crippen LogP contribution in [0, 0.1) is 5.82 Å². The number of benzene rings is 3. The number of amides is 2. The number of rotatable bonds is 10. The fraction of sp³-hybridized carbons (Fsp3) is 0.310. The minimum Gasteiger partial charge on any atom is -0.350 e. The minimum absolute atomic E-state index is 0.134. The monoisotopic (exact) mass is 526 g/mol. The number of hydrogen-bond donors (Lipinski definition) is 1. The fourth-order valence-corrected chi connectivity index (χ4v) is 4.69. The summed E-state index contributed by atoms with van der Waals surface area (Å²) in [6.45, 7) is 5.96. The Bertz CT molecular complexity index is 1130. The van der Waals surface area contributed by atoms with Gasteiger partial charge in [-0.15, -0.1) is 11.8 Å². The molecular formula is C29H32ClFN2O2S. The lowest BCUT2D eigenvalue weighted by molar-refractivity contribution is -0.141. The summed E-state index contributed by atoms with van der Waals surface area (Å²) >= 11 is 7.53. The number of thioether (sulfide) groups is 1. The summed E-state index contributed by atoms with van der Waals surface area (Å²) in [6, 6.07) is 22.5. The predicted molar refractivity (Wildman–Crippen MR) is 146 cm³/mol. The molecule has 36 heavy (non-hydrogen) atoms. The zero-order valence-corrected chi connectivity index (χ0v) is 22.4. The molecule has 0 aliphatic heterocycles. The van der Waals surface area contributed by atoms with Gasteiger partial charge in [-0.1, -0.05) is 54.1 Å². The van der Waals surface area contributed by atoms with Crippen molar-refractivity contribution in [3.8, 4) is 0 Å². The molecule has 190 valence electrons. The molecule has 0 aliphatic rings. The van der Waals surface area contributed by atoms with Crippen molar-refractivity contribution < 1.29 is 14.0 Å². The Morgan fingerprint density at radius 3 is 2.19 bits per heavy atom. The molecule has 4 nitrogen and oxygen atoms in total. The highest BCUT2D eigenvalue weighted by atomic mass is 35.5. The topological polar surface area (TPSA) is 49.4 Å². The second-order valence-electron chi connectivity index (χ2n) is 9.65. The maximum absolute atomic E-state index is 13.6. The smallest absolute Gasteiger partial charge is 0.243 e. The van der Waals surface area contributed by atoms with E-state index in [9.17, 15) is 14.0 Å². The van der Waals surface area contributed by atoms with E-state index in [1.165, 1.54) is 12.1 Å². The molecule has 3 aromatic carbocycles. The van der Waals surface area contributed by atoms with E-state index in [0.717, 1.165) is 16.0 Å². The molecule has 2 amide bonds. The van der Waals surface area contributed by atoms with Crippen LogP contribution in [0.15, 0.2) is 83.8 Å². The van der Waals surface area contributed by atoms with Crippen LogP contribution < -0.4 is 5.32 Å². The van der Waals surface area contributed by atoms with Gasteiger partial charge in [0.2, 0.25) is 11.8 Å². The second kappa shape index (κ2) is 12.9. The van der Waals surface area contributed by atoms with Crippen LogP contribution in [-0.4, -0.2) is 34.0 Å². The van der Waals surface area contributed by atoms with Crippen LogP contribution in [0.1, 0.15) is 38.3 Å². The van der Waals surface area contributed by atoms with Gasteiger partial charge in [-0.25, -0.2) is 4.39 Å². The van der Waals surface area contributed by atoms with Gasteiger partial charge in [0.1, 0.15) is 11.9 Å². The van der Waals surface area contributed by atoms with Crippen LogP contribution in [0.25, 0.3) is 0 Å². The molecule has 0 heterocycles. The highest BCUT2D eigenvalue weighted by molar-refractivity contribution is 7.99. The summed E-state index contributed by atoms with van der Waals surface area (Å²) in [6.07, 6.45) is 0.628. The Morgan fingerprint density at radius 2 is 1.58 bits per heavy atom. The number of carbonyl (C=O) groups excluding carboxylic acids is 2. The van der Waals surface area contributed by atoms with Crippen molar-refractivity contribution in [2.45, 2.75) is 56.6 Å². The summed E-state index contributed by atoms with van der Waals surface area (Å²) in [7, 11) is 0. The molecule has 0 spiro atoms. The summed E-state index contributed by atoms with van der Waals surface area (Å²) in [5.41, 5.74) is 1.26. The summed E-state index contributed by atoms with van der Waals surface area (Å²) < 4.78 is 13.5. The van der Waals surface area contributed by atoms with Gasteiger partial charge in [-0.2, -0.15) is 0 Å². The van der Waals surface area contributed by atoms with Crippen molar-refractivity contribution in [2.24, 2.45) is 0 Å². The maximum Gasteiger partial charge on any atom is 0.243 e. The minimum atomic E-state index is -0.718. The first-order chi connectivity index (χ1) is 17.1. The van der Waals surface area contributed by atoms with Crippen molar-refractivity contribution in [3.63, 3.8) is 0 Å². The molecule has 0 bridgehead atoms. The number of nitrogens with one attached hydrogen (secondary N) is 1. The van der Waals surface area contributed by atoms with Gasteiger partial charge in [0.15, 0.2) is 0 Å². The fourth-order valence-electron chi connectivity index (χ4n) is 3.72. The third-order valence-electron chi connectivity index (χ3n) is 5.43. The molecule has 3 aromatic rings. The molecular weight excluding hydrogens is 495 g/mol. The van der Waals surface area contributed by atoms with E-state index in [-0.39, 0.29) is 30.6 Å². The molecule has 0 fully saturated rings. The number of halogens is 2. The van der Waals surface area contributed by atoms with E-state index in [1.54, 1.807) is 28.8 Å². The quantitative estimate of drug-likeness (QED) is 0.306. The van der Waals surface area contributed by atoms with Gasteiger partial charge in [0, 0.05) is 40.6 Å². The highest BCUT2D eigenvalue weighted by Gasteiger charge is 2.32. The van der Waals surface area contributed by atoms with Gasteiger partial charge < -0.3 is 10.2 Å². The molecule has 0 saturated heterocycles. The van der Waals surface area contributed by atoms with Crippen LogP contribution in [0.4, 0.5) is 4.39 Å². The summed E-state index contributed by atoms with van der Waals surface area (Å²) in [5.74, 6) is -0.139. The zero-order valence-electron chi connectivity index (χ0n) is 20.8. The molecule has 0 radical (unpaired) electrons. The lowest BCUT2D eigenvalue weighted by atomic mass is 10.0. The number of nitrogens with zero attached hydrogens (tertiary/aromatic N) is 1. The zero-order chi connectivity index (χ0) is 26.1. The lowest BCUT2D eigenvalue weighted by Gasteiger charge is -2.34. The van der Waals surface area contributed by atoms with E-state index in [4.69, 9.17) is 11.6 Å². The summed E-state index contributed by atoms with van der Waals surface area (Å²) in [5, 5.41) is 3.71. The van der Waals surface area contributed by atoms with Crippen LogP contribution in [0.3, 0.4) is 0 Å². The normalized spacial score (nSPS) is 12.1. The molecule has 1 N–H and O–H groups in total. The van der Waals surface area contributed by atoms with Crippen molar-refractivity contribution in [1.29, 1.82) is 0 Å². The van der Waals surface area contributed by atoms with Gasteiger partial charge in [-0.05, 0) is 68.3 Å². The van der Waals surface area contributed by atoms with Crippen molar-refractivity contribution >= 4 is 35.2 Å². The van der Waals surface area contributed by atoms with Crippen molar-refractivity contribution in [3.05, 3.63) is 101 Å². The van der Waals surface area contributed by atoms with Gasteiger partial charge in [-0.3, -0.25) is 9.59 Å². The molecule has 7 heteroatoms. The Morgan fingerprint density at radius 1 is 0.944 bits per heavy atom. The second-order valence-corrected chi connectivity index (χ2v) is 11.3. The highest BCUT2D eigenvalue weighted by Crippen LogP contribution is 2.23. The van der Waals surface area contributed by atoms with E-state index < -0.39 is 11.6 Å². The molecule has 0 aromatic heterocycles. The molecule has 3 rings (SSSR count). The van der Waals surface area contributed by atoms with Crippen molar-refractivity contribution in [1.82, 2.24) is 10.2 Å². The van der Waals surface area contributed by atoms with E-state index in [0.29, 0.717) is 17.2 Å². The number of carbonyl (C=O) groups is 2. The molecule has 1 atom stereocenters. The predicted octanol–water partition coefficient (Wildman–Crippen LogP) is 6.52. The van der Waals surface area contributed by atoms with Crippen LogP contribution in [0.5, 0.6) is 0 Å². The van der Waals surface area contributed by atoms with Crippen LogP contribution in [-0.2, 0) is 22.6 Å². The largest absolute Gasteiger partial charge is 0.350 e. The third-order valence-corrected chi connectivity index (χ3v) is 6.70. The van der Waals surface area contributed by atoms with E-state index in [2.05, 4.69) is 5.32 Å². The number of hydrogen-bond acceptors (Lipinski definition) is 3. The molecule has 0 unspecified atom stereocenters. The lowest BCUT2D eigenvalue weighted by Crippen LogP contribution is -2.54. The van der Waals surface area contributed by atoms with E-state index in [1.807, 2.05) is 75.4 Å². The van der Waals surface area contributed by atoms with Gasteiger partial charge in [0.25, 0.3) is 0 Å².